The first-order valence-corrected chi connectivity index (χ1v) is 22.4. The molecule has 0 heterocycles. The molecule has 0 aliphatic rings. The predicted octanol–water partition coefficient (Wildman–Crippen LogP) is 1.41. The van der Waals surface area contributed by atoms with Crippen LogP contribution in [0.1, 0.15) is 78.7 Å². The minimum absolute atomic E-state index is 0.0289. The molecule has 0 aromatic heterocycles. The number of hydrogen-bond donors (Lipinski definition) is 5. The Bertz CT molecular complexity index is 1640. The average molecular weight is 902 g/mol. The zero-order valence-electron chi connectivity index (χ0n) is 36.7. The van der Waals surface area contributed by atoms with Crippen molar-refractivity contribution < 1.29 is 70.2 Å². The Morgan fingerprint density at radius 2 is 1.27 bits per heavy atom. The quantitative estimate of drug-likeness (QED) is 0.0366. The van der Waals surface area contributed by atoms with Gasteiger partial charge in [0.05, 0.1) is 58.6 Å². The van der Waals surface area contributed by atoms with Crippen LogP contribution in [-0.2, 0) is 74.0 Å². The first-order valence-electron chi connectivity index (χ1n) is 20.8. The number of hydrogen-bond acceptors (Lipinski definition) is 14. The second-order valence-corrected chi connectivity index (χ2v) is 16.2. The predicted molar refractivity (Wildman–Crippen MR) is 227 cm³/mol. The monoisotopic (exact) mass is 901 g/mol. The van der Waals surface area contributed by atoms with E-state index in [1.165, 1.54) is 6.92 Å². The standard InChI is InChI=1S/C41H67N5O15S/c1-6-17-46(18-13-35(48)28-36(30(2)3)41(53)44-31(4)40(52)45-34-9-7-33(8-10-34)29-61-32(5)47)39(51)12-11-37(49)42-15-20-58-22-24-60-26-25-59-23-21-57-19-14-38(50)43-16-27-62(54,55)56/h7-10,30-31,36H,6,11-29H2,1-5H3,(H,42,49)(H,43,50)(H,44,53)(H,45,52)(H,54,55,56)/t31-,36-/m0/s1. The van der Waals surface area contributed by atoms with Crippen LogP contribution in [0.15, 0.2) is 24.3 Å². The first-order chi connectivity index (χ1) is 29.4. The molecule has 2 atom stereocenters. The number of ether oxygens (including phenoxy) is 5. The van der Waals surface area contributed by atoms with Crippen molar-refractivity contribution in [3.8, 4) is 0 Å². The summed E-state index contributed by atoms with van der Waals surface area (Å²) in [6.07, 6.45) is 0.621. The van der Waals surface area contributed by atoms with Crippen molar-refractivity contribution in [3.05, 3.63) is 29.8 Å². The SMILES string of the molecule is CCCN(CCC(=O)C[C@H](C(=O)N[C@@H](C)C(=O)Nc1ccc(COC(C)=O)cc1)C(C)C)C(=O)CCC(=O)NCCOCCOCCOCCOCCC(=O)NCCS(=O)(=O)O. The second-order valence-electron chi connectivity index (χ2n) is 14.6. The van der Waals surface area contributed by atoms with Crippen molar-refractivity contribution in [1.82, 2.24) is 20.9 Å². The molecule has 20 nitrogen and oxygen atoms in total. The van der Waals surface area contributed by atoms with Crippen molar-refractivity contribution in [2.24, 2.45) is 11.8 Å². The van der Waals surface area contributed by atoms with Gasteiger partial charge in [-0.3, -0.25) is 38.1 Å². The summed E-state index contributed by atoms with van der Waals surface area (Å²) in [7, 11) is -4.12. The topological polar surface area (TPSA) is 271 Å². The van der Waals surface area contributed by atoms with E-state index in [4.69, 9.17) is 28.2 Å². The average Bonchev–Trinajstić information content (AvgIpc) is 3.20. The number of nitrogens with zero attached hydrogens (tertiary/aromatic N) is 1. The van der Waals surface area contributed by atoms with Crippen LogP contribution >= 0.6 is 0 Å². The molecule has 5 N–H and O–H groups in total. The van der Waals surface area contributed by atoms with Gasteiger partial charge in [-0.15, -0.1) is 0 Å². The summed E-state index contributed by atoms with van der Waals surface area (Å²) in [5, 5.41) is 10.5. The van der Waals surface area contributed by atoms with Gasteiger partial charge in [0.15, 0.2) is 0 Å². The molecule has 0 saturated heterocycles. The van der Waals surface area contributed by atoms with E-state index in [0.29, 0.717) is 51.7 Å². The number of nitrogens with one attached hydrogen (secondary N) is 4. The molecule has 21 heteroatoms. The second kappa shape index (κ2) is 32.2. The van der Waals surface area contributed by atoms with E-state index < -0.39 is 51.5 Å². The van der Waals surface area contributed by atoms with Crippen LogP contribution in [0.2, 0.25) is 0 Å². The zero-order chi connectivity index (χ0) is 46.3. The molecule has 0 bridgehead atoms. The summed E-state index contributed by atoms with van der Waals surface area (Å²) in [5.41, 5.74) is 1.25. The van der Waals surface area contributed by atoms with Crippen LogP contribution in [0.3, 0.4) is 0 Å². The van der Waals surface area contributed by atoms with Gasteiger partial charge in [-0.1, -0.05) is 32.9 Å². The molecule has 1 rings (SSSR count). The van der Waals surface area contributed by atoms with Gasteiger partial charge in [0, 0.05) is 76.8 Å². The van der Waals surface area contributed by atoms with Crippen LogP contribution in [-0.4, -0.2) is 150 Å². The fourth-order valence-corrected chi connectivity index (χ4v) is 5.80. The first kappa shape index (κ1) is 55.5. The number of ketones is 1. The molecule has 0 aliphatic carbocycles. The lowest BCUT2D eigenvalue weighted by Gasteiger charge is -2.24. The molecule has 0 radical (unpaired) electrons. The van der Waals surface area contributed by atoms with E-state index in [0.717, 1.165) is 5.56 Å². The van der Waals surface area contributed by atoms with E-state index in [2.05, 4.69) is 21.3 Å². The third-order valence-electron chi connectivity index (χ3n) is 8.92. The van der Waals surface area contributed by atoms with Gasteiger partial charge >= 0.3 is 5.97 Å². The highest BCUT2D eigenvalue weighted by atomic mass is 32.2. The summed E-state index contributed by atoms with van der Waals surface area (Å²) < 4.78 is 56.3. The normalized spacial score (nSPS) is 12.2. The fraction of sp³-hybridized carbons (Fsp3) is 0.683. The molecule has 5 amide bonds. The summed E-state index contributed by atoms with van der Waals surface area (Å²) >= 11 is 0. The van der Waals surface area contributed by atoms with Crippen LogP contribution in [0, 0.1) is 11.8 Å². The lowest BCUT2D eigenvalue weighted by atomic mass is 9.89. The van der Waals surface area contributed by atoms with Crippen LogP contribution in [0.25, 0.3) is 0 Å². The Hall–Kier alpha value is -4.54. The summed E-state index contributed by atoms with van der Waals surface area (Å²) in [6, 6.07) is 5.85. The van der Waals surface area contributed by atoms with Gasteiger partial charge in [-0.2, -0.15) is 8.42 Å². The Kier molecular flexibility index (Phi) is 28.8. The third kappa shape index (κ3) is 28.1. The zero-order valence-corrected chi connectivity index (χ0v) is 37.5. The van der Waals surface area contributed by atoms with E-state index in [-0.39, 0.29) is 102 Å². The number of esters is 1. The van der Waals surface area contributed by atoms with E-state index in [1.807, 2.05) is 20.8 Å². The van der Waals surface area contributed by atoms with Gasteiger partial charge < -0.3 is 49.9 Å². The fourth-order valence-electron chi connectivity index (χ4n) is 5.44. The molecule has 0 aliphatic heterocycles. The Balaban J connectivity index is 2.25. The van der Waals surface area contributed by atoms with Gasteiger partial charge in [-0.05, 0) is 37.0 Å². The Labute approximate surface area is 364 Å². The number of carbonyl (C=O) groups is 7. The summed E-state index contributed by atoms with van der Waals surface area (Å²) in [4.78, 5) is 88.5. The number of Topliss-reactive ketones (excluding diaryl/α,β-unsaturated/α-hetero) is 1. The number of rotatable bonds is 35. The van der Waals surface area contributed by atoms with Gasteiger partial charge in [0.1, 0.15) is 18.4 Å². The third-order valence-corrected chi connectivity index (χ3v) is 9.64. The highest BCUT2D eigenvalue weighted by Gasteiger charge is 2.28. The Morgan fingerprint density at radius 3 is 1.84 bits per heavy atom. The highest BCUT2D eigenvalue weighted by molar-refractivity contribution is 7.85. The molecular formula is C41H67N5O15S. The maximum atomic E-state index is 13.2. The number of benzene rings is 1. The minimum Gasteiger partial charge on any atom is -0.461 e. The van der Waals surface area contributed by atoms with Crippen molar-refractivity contribution in [2.75, 3.05) is 90.1 Å². The number of anilines is 1. The van der Waals surface area contributed by atoms with Crippen LogP contribution < -0.4 is 21.3 Å². The van der Waals surface area contributed by atoms with Crippen LogP contribution in [0.4, 0.5) is 5.69 Å². The molecule has 0 saturated carbocycles. The summed E-state index contributed by atoms with van der Waals surface area (Å²) in [6.45, 7) is 11.3. The van der Waals surface area contributed by atoms with Crippen molar-refractivity contribution in [3.63, 3.8) is 0 Å². The molecule has 0 unspecified atom stereocenters. The Morgan fingerprint density at radius 1 is 0.710 bits per heavy atom. The molecule has 0 fully saturated rings. The van der Waals surface area contributed by atoms with Crippen molar-refractivity contribution in [2.45, 2.75) is 85.8 Å². The van der Waals surface area contributed by atoms with Crippen LogP contribution in [0.5, 0.6) is 0 Å². The van der Waals surface area contributed by atoms with E-state index in [1.54, 1.807) is 36.1 Å². The maximum Gasteiger partial charge on any atom is 0.302 e. The van der Waals surface area contributed by atoms with Gasteiger partial charge in [0.2, 0.25) is 29.5 Å². The number of carbonyl (C=O) groups excluding carboxylic acids is 7. The molecule has 1 aromatic rings. The minimum atomic E-state index is -4.12. The largest absolute Gasteiger partial charge is 0.461 e. The highest BCUT2D eigenvalue weighted by Crippen LogP contribution is 2.18. The van der Waals surface area contributed by atoms with Crippen molar-refractivity contribution >= 4 is 57.1 Å². The van der Waals surface area contributed by atoms with E-state index in [9.17, 15) is 42.0 Å². The van der Waals surface area contributed by atoms with Gasteiger partial charge in [0.25, 0.3) is 10.1 Å². The van der Waals surface area contributed by atoms with Gasteiger partial charge in [-0.25, -0.2) is 0 Å². The smallest absolute Gasteiger partial charge is 0.302 e. The maximum absolute atomic E-state index is 13.2. The van der Waals surface area contributed by atoms with Crippen molar-refractivity contribution in [1.29, 1.82) is 0 Å². The lowest BCUT2D eigenvalue weighted by Crippen LogP contribution is -2.45. The van der Waals surface area contributed by atoms with E-state index >= 15 is 0 Å². The number of amides is 5. The molecule has 62 heavy (non-hydrogen) atoms. The molecular weight excluding hydrogens is 835 g/mol. The summed E-state index contributed by atoms with van der Waals surface area (Å²) in [5.74, 6) is -3.87. The molecule has 0 spiro atoms. The molecule has 352 valence electrons. The lowest BCUT2D eigenvalue weighted by molar-refractivity contribution is -0.142. The molecule has 1 aromatic carbocycles.